The molecule has 1 saturated heterocycles. The van der Waals surface area contributed by atoms with Crippen LogP contribution in [-0.2, 0) is 16.9 Å². The van der Waals surface area contributed by atoms with Crippen molar-refractivity contribution in [2.45, 2.75) is 19.0 Å². The molecule has 0 saturated carbocycles. The van der Waals surface area contributed by atoms with Crippen molar-refractivity contribution in [3.05, 3.63) is 65.0 Å². The van der Waals surface area contributed by atoms with Crippen molar-refractivity contribution in [1.82, 2.24) is 15.5 Å². The number of urea groups is 1. The third-order valence-corrected chi connectivity index (χ3v) is 5.15. The van der Waals surface area contributed by atoms with Gasteiger partial charge in [0.25, 0.3) is 11.8 Å². The highest BCUT2D eigenvalue weighted by Gasteiger charge is 2.50. The Kier molecular flexibility index (Phi) is 4.88. The van der Waals surface area contributed by atoms with Gasteiger partial charge in [0.05, 0.1) is 6.54 Å². The number of nitrogens with one attached hydrogen (secondary N) is 2. The molecule has 30 heavy (non-hydrogen) atoms. The van der Waals surface area contributed by atoms with Crippen LogP contribution >= 0.6 is 0 Å². The lowest BCUT2D eigenvalue weighted by Crippen LogP contribution is -2.52. The summed E-state index contributed by atoms with van der Waals surface area (Å²) in [5, 5.41) is 4.83. The number of imide groups is 1. The van der Waals surface area contributed by atoms with Gasteiger partial charge in [-0.2, -0.15) is 0 Å². The number of nitrogens with zero attached hydrogens (tertiary/aromatic N) is 1. The molecule has 2 aromatic carbocycles. The Morgan fingerprint density at radius 3 is 2.60 bits per heavy atom. The molecule has 0 bridgehead atoms. The third kappa shape index (κ3) is 3.35. The van der Waals surface area contributed by atoms with Crippen LogP contribution < -0.4 is 15.4 Å². The fraction of sp³-hybridized carbons (Fsp3) is 0.227. The number of hydrogen-bond donors (Lipinski definition) is 2. The first-order valence-electron chi connectivity index (χ1n) is 9.27. The molecule has 1 unspecified atom stereocenters. The lowest BCUT2D eigenvalue weighted by molar-refractivity contribution is -0.124. The Morgan fingerprint density at radius 1 is 1.17 bits per heavy atom. The van der Waals surface area contributed by atoms with E-state index in [1.807, 2.05) is 0 Å². The zero-order valence-electron chi connectivity index (χ0n) is 16.1. The van der Waals surface area contributed by atoms with E-state index >= 15 is 0 Å². The largest absolute Gasteiger partial charge is 0.481 e. The average Bonchev–Trinajstić information content (AvgIpc) is 3.18. The molecule has 0 radical (unpaired) electrons. The number of amides is 4. The van der Waals surface area contributed by atoms with Crippen molar-refractivity contribution in [3.63, 3.8) is 0 Å². The number of carbonyl (C=O) groups excluding carboxylic acids is 3. The molecule has 2 aromatic rings. The molecule has 0 aliphatic carbocycles. The van der Waals surface area contributed by atoms with E-state index in [0.717, 1.165) is 5.56 Å². The molecule has 0 aromatic heterocycles. The number of ether oxygens (including phenoxy) is 1. The van der Waals surface area contributed by atoms with Gasteiger partial charge in [-0.3, -0.25) is 14.9 Å². The van der Waals surface area contributed by atoms with Gasteiger partial charge in [0.15, 0.2) is 5.54 Å². The molecule has 4 amide bonds. The van der Waals surface area contributed by atoms with E-state index in [-0.39, 0.29) is 25.6 Å². The Hall–Kier alpha value is -3.86. The van der Waals surface area contributed by atoms with Gasteiger partial charge >= 0.3 is 6.03 Å². The van der Waals surface area contributed by atoms with Crippen LogP contribution in [-0.4, -0.2) is 35.9 Å². The normalized spacial score (nSPS) is 19.7. The Balaban J connectivity index is 1.61. The minimum atomic E-state index is -1.50. The van der Waals surface area contributed by atoms with Crippen LogP contribution in [0.25, 0.3) is 0 Å². The highest BCUT2D eigenvalue weighted by molar-refractivity contribution is 6.08. The van der Waals surface area contributed by atoms with E-state index in [9.17, 15) is 18.8 Å². The Bertz CT molecular complexity index is 1100. The number of hydrogen-bond acceptors (Lipinski definition) is 4. The van der Waals surface area contributed by atoms with Crippen LogP contribution in [0.1, 0.15) is 28.4 Å². The van der Waals surface area contributed by atoms with Crippen LogP contribution in [0.15, 0.2) is 42.5 Å². The van der Waals surface area contributed by atoms with Crippen molar-refractivity contribution >= 4 is 17.8 Å². The first-order valence-corrected chi connectivity index (χ1v) is 9.27. The molecule has 1 atom stereocenters. The summed E-state index contributed by atoms with van der Waals surface area (Å²) in [7, 11) is 0. The second-order valence-corrected chi connectivity index (χ2v) is 7.02. The molecule has 4 rings (SSSR count). The number of carbonyl (C=O) groups is 3. The molecule has 2 aliphatic heterocycles. The SMILES string of the molecule is CC#CCOc1ccc2c(c1)CN(CC1(c3ccc(F)cc3)NC(=O)NC1=O)C2=O. The van der Waals surface area contributed by atoms with Gasteiger partial charge in [0, 0.05) is 12.1 Å². The highest BCUT2D eigenvalue weighted by atomic mass is 19.1. The zero-order valence-corrected chi connectivity index (χ0v) is 16.1. The lowest BCUT2D eigenvalue weighted by Gasteiger charge is -2.31. The molecular weight excluding hydrogens is 389 g/mol. The summed E-state index contributed by atoms with van der Waals surface area (Å²) in [6.45, 7) is 2.11. The Labute approximate surface area is 172 Å². The van der Waals surface area contributed by atoms with Crippen molar-refractivity contribution < 1.29 is 23.5 Å². The molecule has 2 aliphatic rings. The van der Waals surface area contributed by atoms with E-state index in [4.69, 9.17) is 4.74 Å². The van der Waals surface area contributed by atoms with Crippen LogP contribution in [0, 0.1) is 17.7 Å². The van der Waals surface area contributed by atoms with Crippen molar-refractivity contribution in [1.29, 1.82) is 0 Å². The number of halogens is 1. The first kappa shape index (κ1) is 19.5. The van der Waals surface area contributed by atoms with E-state index in [1.165, 1.54) is 29.2 Å². The van der Waals surface area contributed by atoms with Gasteiger partial charge in [-0.1, -0.05) is 18.1 Å². The maximum atomic E-state index is 13.4. The van der Waals surface area contributed by atoms with E-state index in [2.05, 4.69) is 22.5 Å². The maximum absolute atomic E-state index is 13.4. The van der Waals surface area contributed by atoms with Crippen molar-refractivity contribution in [2.24, 2.45) is 0 Å². The Morgan fingerprint density at radius 2 is 1.93 bits per heavy atom. The van der Waals surface area contributed by atoms with Gasteiger partial charge in [-0.15, -0.1) is 5.92 Å². The summed E-state index contributed by atoms with van der Waals surface area (Å²) in [6, 6.07) is 9.73. The first-order chi connectivity index (χ1) is 14.4. The molecular formula is C22H18FN3O4. The van der Waals surface area contributed by atoms with Gasteiger partial charge in [-0.05, 0) is 48.4 Å². The predicted molar refractivity (Wildman–Crippen MR) is 105 cm³/mol. The van der Waals surface area contributed by atoms with Crippen LogP contribution in [0.5, 0.6) is 5.75 Å². The molecule has 7 nitrogen and oxygen atoms in total. The highest BCUT2D eigenvalue weighted by Crippen LogP contribution is 2.32. The summed E-state index contributed by atoms with van der Waals surface area (Å²) in [4.78, 5) is 39.0. The fourth-order valence-corrected chi connectivity index (χ4v) is 3.68. The summed E-state index contributed by atoms with van der Waals surface area (Å²) in [5.41, 5.74) is 0.139. The average molecular weight is 407 g/mol. The topological polar surface area (TPSA) is 87.7 Å². The third-order valence-electron chi connectivity index (χ3n) is 5.15. The summed E-state index contributed by atoms with van der Waals surface area (Å²) < 4.78 is 18.9. The molecule has 0 spiro atoms. The maximum Gasteiger partial charge on any atom is 0.322 e. The summed E-state index contributed by atoms with van der Waals surface area (Å²) in [5.74, 6) is 4.81. The van der Waals surface area contributed by atoms with E-state index in [0.29, 0.717) is 16.9 Å². The van der Waals surface area contributed by atoms with Gasteiger partial charge in [-0.25, -0.2) is 9.18 Å². The quantitative estimate of drug-likeness (QED) is 0.586. The van der Waals surface area contributed by atoms with Gasteiger partial charge < -0.3 is 15.0 Å². The minimum Gasteiger partial charge on any atom is -0.481 e. The zero-order chi connectivity index (χ0) is 21.3. The molecule has 2 heterocycles. The number of benzene rings is 2. The van der Waals surface area contributed by atoms with Crippen LogP contribution in [0.2, 0.25) is 0 Å². The van der Waals surface area contributed by atoms with Crippen molar-refractivity contribution in [2.75, 3.05) is 13.2 Å². The molecule has 1 fully saturated rings. The lowest BCUT2D eigenvalue weighted by atomic mass is 9.89. The predicted octanol–water partition coefficient (Wildman–Crippen LogP) is 1.92. The fourth-order valence-electron chi connectivity index (χ4n) is 3.68. The van der Waals surface area contributed by atoms with E-state index < -0.39 is 23.3 Å². The number of rotatable bonds is 5. The smallest absolute Gasteiger partial charge is 0.322 e. The molecule has 2 N–H and O–H groups in total. The second-order valence-electron chi connectivity index (χ2n) is 7.02. The second kappa shape index (κ2) is 7.52. The van der Waals surface area contributed by atoms with Crippen LogP contribution in [0.3, 0.4) is 0 Å². The van der Waals surface area contributed by atoms with Crippen molar-refractivity contribution in [3.8, 4) is 17.6 Å². The minimum absolute atomic E-state index is 0.0960. The summed E-state index contributed by atoms with van der Waals surface area (Å²) >= 11 is 0. The molecule has 152 valence electrons. The number of fused-ring (bicyclic) bond motifs is 1. The molecule has 8 heteroatoms. The van der Waals surface area contributed by atoms with E-state index in [1.54, 1.807) is 25.1 Å². The van der Waals surface area contributed by atoms with Crippen LogP contribution in [0.4, 0.5) is 9.18 Å². The standard InChI is InChI=1S/C22H18FN3O4/c1-2-3-10-30-17-8-9-18-14(11-17)12-26(19(18)27)13-22(20(28)24-21(29)25-22)15-4-6-16(23)7-5-15/h4-9,11H,10,12-13H2,1H3,(H2,24,25,28,29). The summed E-state index contributed by atoms with van der Waals surface area (Å²) in [6.07, 6.45) is 0. The monoisotopic (exact) mass is 407 g/mol. The van der Waals surface area contributed by atoms with Gasteiger partial charge in [0.2, 0.25) is 0 Å². The van der Waals surface area contributed by atoms with Gasteiger partial charge in [0.1, 0.15) is 18.2 Å².